The Morgan fingerprint density at radius 2 is 2.22 bits per heavy atom. The molecule has 0 aromatic rings. The van der Waals surface area contributed by atoms with Gasteiger partial charge in [-0.05, 0) is 6.42 Å². The van der Waals surface area contributed by atoms with E-state index in [1.807, 2.05) is 0 Å². The van der Waals surface area contributed by atoms with Crippen LogP contribution >= 0.6 is 32.9 Å². The van der Waals surface area contributed by atoms with Gasteiger partial charge in [-0.15, -0.1) is 17.0 Å². The Kier molecular flexibility index (Phi) is 8.75. The lowest BCUT2D eigenvalue weighted by Gasteiger charge is -1.99. The van der Waals surface area contributed by atoms with Crippen LogP contribution in [0.4, 0.5) is 0 Å². The van der Waals surface area contributed by atoms with Crippen molar-refractivity contribution in [2.45, 2.75) is 12.5 Å². The molecule has 0 aliphatic rings. The molecule has 0 heterocycles. The topological polar surface area (TPSA) is 63.3 Å². The Balaban J connectivity index is 0. The molecule has 56 valence electrons. The van der Waals surface area contributed by atoms with Gasteiger partial charge in [-0.3, -0.25) is 4.79 Å². The highest BCUT2D eigenvalue weighted by atomic mass is 79.9. The monoisotopic (exact) mass is 261 g/mol. The van der Waals surface area contributed by atoms with Crippen molar-refractivity contribution >= 4 is 38.9 Å². The minimum absolute atomic E-state index is 0. The van der Waals surface area contributed by atoms with Crippen LogP contribution in [0.1, 0.15) is 6.42 Å². The van der Waals surface area contributed by atoms with E-state index in [1.54, 1.807) is 0 Å². The quantitative estimate of drug-likeness (QED) is 0.739. The number of nitrogens with two attached hydrogens (primary N) is 1. The van der Waals surface area contributed by atoms with Crippen LogP contribution in [-0.4, -0.2) is 22.4 Å². The van der Waals surface area contributed by atoms with Crippen molar-refractivity contribution in [2.75, 3.05) is 5.33 Å². The fraction of sp³-hybridized carbons (Fsp3) is 0.750. The molecule has 0 aliphatic carbocycles. The minimum atomic E-state index is -0.940. The molecule has 0 amide bonds. The molecule has 0 saturated heterocycles. The zero-order valence-corrected chi connectivity index (χ0v) is 8.01. The summed E-state index contributed by atoms with van der Waals surface area (Å²) in [6, 6.07) is -0.714. The lowest BCUT2D eigenvalue weighted by Crippen LogP contribution is -2.30. The number of hydrogen-bond acceptors (Lipinski definition) is 2. The molecule has 0 saturated carbocycles. The molecule has 0 rings (SSSR count). The van der Waals surface area contributed by atoms with Gasteiger partial charge in [0.15, 0.2) is 0 Å². The van der Waals surface area contributed by atoms with Gasteiger partial charge in [-0.25, -0.2) is 0 Å². The minimum Gasteiger partial charge on any atom is -0.480 e. The molecule has 3 N–H and O–H groups in total. The van der Waals surface area contributed by atoms with Gasteiger partial charge in [-0.2, -0.15) is 0 Å². The molecule has 0 aromatic heterocycles. The normalized spacial score (nSPS) is 11.8. The number of carboxylic acids is 1. The van der Waals surface area contributed by atoms with E-state index in [4.69, 9.17) is 10.8 Å². The maximum Gasteiger partial charge on any atom is 0.320 e. The van der Waals surface area contributed by atoms with Crippen molar-refractivity contribution in [1.82, 2.24) is 0 Å². The van der Waals surface area contributed by atoms with Gasteiger partial charge in [0.05, 0.1) is 0 Å². The average molecular weight is 263 g/mol. The predicted octanol–water partition coefficient (Wildman–Crippen LogP) is 0.761. The molecule has 0 fully saturated rings. The maximum absolute atomic E-state index is 9.94. The molecule has 0 aromatic carbocycles. The Morgan fingerprint density at radius 1 is 1.78 bits per heavy atom. The van der Waals surface area contributed by atoms with Gasteiger partial charge in [0, 0.05) is 5.33 Å². The summed E-state index contributed by atoms with van der Waals surface area (Å²) in [7, 11) is 0. The summed E-state index contributed by atoms with van der Waals surface area (Å²) in [5.41, 5.74) is 5.10. The van der Waals surface area contributed by atoms with Gasteiger partial charge in [-0.1, -0.05) is 15.9 Å². The van der Waals surface area contributed by atoms with E-state index < -0.39 is 12.0 Å². The van der Waals surface area contributed by atoms with Crippen LogP contribution in [0.2, 0.25) is 0 Å². The molecule has 5 heteroatoms. The van der Waals surface area contributed by atoms with Gasteiger partial charge in [0.1, 0.15) is 6.04 Å². The highest BCUT2D eigenvalue weighted by Gasteiger charge is 2.08. The number of carbonyl (C=O) groups is 1. The van der Waals surface area contributed by atoms with Crippen molar-refractivity contribution in [3.8, 4) is 0 Å². The second kappa shape index (κ2) is 6.51. The van der Waals surface area contributed by atoms with E-state index >= 15 is 0 Å². The molecule has 0 aliphatic heterocycles. The average Bonchev–Trinajstić information content (AvgIpc) is 1.67. The second-order valence-electron chi connectivity index (χ2n) is 1.42. The summed E-state index contributed by atoms with van der Waals surface area (Å²) in [5.74, 6) is -0.940. The van der Waals surface area contributed by atoms with E-state index in [0.29, 0.717) is 11.8 Å². The first-order valence-corrected chi connectivity index (χ1v) is 3.35. The maximum atomic E-state index is 9.94. The van der Waals surface area contributed by atoms with Gasteiger partial charge >= 0.3 is 5.97 Å². The highest BCUT2D eigenvalue weighted by Crippen LogP contribution is 1.91. The van der Waals surface area contributed by atoms with E-state index in [1.165, 1.54) is 0 Å². The van der Waals surface area contributed by atoms with Gasteiger partial charge in [0.25, 0.3) is 0 Å². The van der Waals surface area contributed by atoms with Crippen LogP contribution in [0.15, 0.2) is 0 Å². The zero-order chi connectivity index (χ0) is 6.57. The Morgan fingerprint density at radius 3 is 2.33 bits per heavy atom. The van der Waals surface area contributed by atoms with Crippen molar-refractivity contribution < 1.29 is 9.90 Å². The molecule has 9 heavy (non-hydrogen) atoms. The van der Waals surface area contributed by atoms with Crippen LogP contribution in [0.3, 0.4) is 0 Å². The fourth-order valence-electron chi connectivity index (χ4n) is 0.241. The molecule has 3 nitrogen and oxygen atoms in total. The number of alkyl halides is 1. The van der Waals surface area contributed by atoms with E-state index in [9.17, 15) is 4.79 Å². The van der Waals surface area contributed by atoms with Gasteiger partial charge in [0.2, 0.25) is 0 Å². The first-order chi connectivity index (χ1) is 3.68. The summed E-state index contributed by atoms with van der Waals surface area (Å²) >= 11 is 3.07. The van der Waals surface area contributed by atoms with Crippen molar-refractivity contribution in [1.29, 1.82) is 0 Å². The third-order valence-corrected chi connectivity index (χ3v) is 1.20. The fourth-order valence-corrected chi connectivity index (χ4v) is 0.734. The largest absolute Gasteiger partial charge is 0.480 e. The molecular weight excluding hydrogens is 254 g/mol. The first-order valence-electron chi connectivity index (χ1n) is 2.23. The van der Waals surface area contributed by atoms with E-state index in [0.717, 1.165) is 0 Å². The smallest absolute Gasteiger partial charge is 0.320 e. The number of aliphatic carboxylic acids is 1. The Hall–Kier alpha value is 0.390. The molecule has 0 bridgehead atoms. The Labute approximate surface area is 72.5 Å². The first kappa shape index (κ1) is 12.1. The van der Waals surface area contributed by atoms with Crippen molar-refractivity contribution in [2.24, 2.45) is 5.73 Å². The lowest BCUT2D eigenvalue weighted by molar-refractivity contribution is -0.138. The summed E-state index contributed by atoms with van der Waals surface area (Å²) in [6.07, 6.45) is 0.481. The van der Waals surface area contributed by atoms with Crippen LogP contribution in [0.25, 0.3) is 0 Å². The SMILES string of the molecule is Br.N[C@@H](CCBr)C(=O)O. The van der Waals surface area contributed by atoms with Crippen molar-refractivity contribution in [3.05, 3.63) is 0 Å². The van der Waals surface area contributed by atoms with Crippen molar-refractivity contribution in [3.63, 3.8) is 0 Å². The molecular formula is C4H9Br2NO2. The summed E-state index contributed by atoms with van der Waals surface area (Å²) in [6.45, 7) is 0. The molecule has 1 atom stereocenters. The van der Waals surface area contributed by atoms with Crippen LogP contribution in [0, 0.1) is 0 Å². The van der Waals surface area contributed by atoms with Crippen LogP contribution < -0.4 is 5.73 Å². The summed E-state index contributed by atoms with van der Waals surface area (Å²) in [5, 5.41) is 8.81. The number of carboxylic acid groups (broad SMARTS) is 1. The predicted molar refractivity (Wildman–Crippen MR) is 44.3 cm³/mol. The third-order valence-electron chi connectivity index (χ3n) is 0.737. The highest BCUT2D eigenvalue weighted by molar-refractivity contribution is 9.09. The molecule has 0 unspecified atom stereocenters. The molecule has 0 spiro atoms. The summed E-state index contributed by atoms with van der Waals surface area (Å²) < 4.78 is 0. The van der Waals surface area contributed by atoms with E-state index in [2.05, 4.69) is 15.9 Å². The van der Waals surface area contributed by atoms with E-state index in [-0.39, 0.29) is 17.0 Å². The zero-order valence-electron chi connectivity index (χ0n) is 4.71. The number of halogens is 2. The van der Waals surface area contributed by atoms with Gasteiger partial charge < -0.3 is 10.8 Å². The Bertz CT molecular complexity index is 88.6. The third kappa shape index (κ3) is 6.27. The van der Waals surface area contributed by atoms with Crippen LogP contribution in [-0.2, 0) is 4.79 Å². The standard InChI is InChI=1S/C4H8BrNO2.BrH/c5-2-1-3(6)4(7)8;/h3H,1-2,6H2,(H,7,8);1H/t3-;/m0./s1. The molecule has 0 radical (unpaired) electrons. The van der Waals surface area contributed by atoms with Crippen LogP contribution in [0.5, 0.6) is 0 Å². The second-order valence-corrected chi connectivity index (χ2v) is 2.22. The number of hydrogen-bond donors (Lipinski definition) is 2. The lowest BCUT2D eigenvalue weighted by atomic mass is 10.2. The summed E-state index contributed by atoms with van der Waals surface area (Å²) in [4.78, 5) is 9.94. The number of rotatable bonds is 3.